The van der Waals surface area contributed by atoms with E-state index in [4.69, 9.17) is 0 Å². The molecule has 3 heterocycles. The van der Waals surface area contributed by atoms with Gasteiger partial charge in [0.2, 0.25) is 0 Å². The van der Waals surface area contributed by atoms with Crippen LogP contribution in [0.1, 0.15) is 18.5 Å². The van der Waals surface area contributed by atoms with Gasteiger partial charge >= 0.3 is 0 Å². The first kappa shape index (κ1) is 12.2. The second kappa shape index (κ2) is 4.45. The minimum Gasteiger partial charge on any atom is -0.460 e. The van der Waals surface area contributed by atoms with Gasteiger partial charge in [0.1, 0.15) is 0 Å². The zero-order valence-electron chi connectivity index (χ0n) is 12.0. The number of hydrogen-bond acceptors (Lipinski definition) is 2. The first-order valence-corrected chi connectivity index (χ1v) is 7.52. The molecule has 1 aromatic heterocycles. The van der Waals surface area contributed by atoms with E-state index in [1.165, 1.54) is 28.8 Å². The standard InChI is InChI=1S/C17H21N3/c1-12-6-9-15-16(18-12)4-3-5-17(15)20-10-13-7-8-14(11-20)19(13)2/h3-6,9,13-14,19H,2,7-8,10-11H2,1H3/t13-,14+. The molecule has 104 valence electrons. The van der Waals surface area contributed by atoms with E-state index >= 15 is 0 Å². The molecule has 20 heavy (non-hydrogen) atoms. The molecule has 0 spiro atoms. The zero-order valence-corrected chi connectivity index (χ0v) is 12.0. The molecule has 2 fully saturated rings. The number of nitrogens with one attached hydrogen (secondary N) is 1. The number of hydrogen-bond donors (Lipinski definition) is 1. The number of nitrogens with zero attached hydrogens (tertiary/aromatic N) is 2. The molecule has 3 heteroatoms. The van der Waals surface area contributed by atoms with Crippen molar-refractivity contribution in [2.24, 2.45) is 0 Å². The van der Waals surface area contributed by atoms with E-state index in [1.54, 1.807) is 0 Å². The van der Waals surface area contributed by atoms with Crippen LogP contribution in [0.2, 0.25) is 0 Å². The SMILES string of the molecule is [CH2-][NH+]1[C@@H]2CC[C@H]1CN(c1cccc3nc(C)ccc13)C2. The molecular formula is C17H21N3. The molecule has 2 bridgehead atoms. The average Bonchev–Trinajstić information content (AvgIpc) is 2.68. The van der Waals surface area contributed by atoms with E-state index in [1.807, 2.05) is 0 Å². The maximum Gasteiger partial charge on any atom is 0.0817 e. The van der Waals surface area contributed by atoms with Crippen LogP contribution >= 0.6 is 0 Å². The third kappa shape index (κ3) is 1.80. The molecule has 0 amide bonds. The molecule has 4 rings (SSSR count). The van der Waals surface area contributed by atoms with Crippen LogP contribution in [0.4, 0.5) is 5.69 Å². The van der Waals surface area contributed by atoms with Gasteiger partial charge < -0.3 is 9.80 Å². The zero-order chi connectivity index (χ0) is 13.7. The fourth-order valence-electron chi connectivity index (χ4n) is 3.84. The Hall–Kier alpha value is -1.61. The van der Waals surface area contributed by atoms with Gasteiger partial charge in [0.15, 0.2) is 0 Å². The number of fused-ring (bicyclic) bond motifs is 3. The maximum absolute atomic E-state index is 4.66. The molecule has 1 N–H and O–H groups in total. The summed E-state index contributed by atoms with van der Waals surface area (Å²) in [6.07, 6.45) is 2.64. The van der Waals surface area contributed by atoms with Gasteiger partial charge in [0.25, 0.3) is 0 Å². The molecule has 1 aromatic carbocycles. The second-order valence-electron chi connectivity index (χ2n) is 6.25. The third-order valence-electron chi connectivity index (χ3n) is 4.98. The summed E-state index contributed by atoms with van der Waals surface area (Å²) in [6.45, 7) is 4.31. The first-order valence-electron chi connectivity index (χ1n) is 7.52. The summed E-state index contributed by atoms with van der Waals surface area (Å²) in [6, 6.07) is 12.2. The van der Waals surface area contributed by atoms with Gasteiger partial charge in [0.05, 0.1) is 30.7 Å². The van der Waals surface area contributed by atoms with E-state index in [0.29, 0.717) is 12.1 Å². The van der Waals surface area contributed by atoms with Crippen LogP contribution in [0.5, 0.6) is 0 Å². The van der Waals surface area contributed by atoms with Crippen molar-refractivity contribution >= 4 is 16.6 Å². The minimum absolute atomic E-state index is 0.697. The third-order valence-corrected chi connectivity index (χ3v) is 4.98. The highest BCUT2D eigenvalue weighted by Crippen LogP contribution is 2.29. The van der Waals surface area contributed by atoms with E-state index in [0.717, 1.165) is 24.3 Å². The molecular weight excluding hydrogens is 246 g/mol. The second-order valence-corrected chi connectivity index (χ2v) is 6.25. The fraction of sp³-hybridized carbons (Fsp3) is 0.412. The predicted molar refractivity (Wildman–Crippen MR) is 81.8 cm³/mol. The Balaban J connectivity index is 1.76. The molecule has 2 aliphatic heterocycles. The Bertz CT molecular complexity index is 638. The highest BCUT2D eigenvalue weighted by molar-refractivity contribution is 5.92. The topological polar surface area (TPSA) is 20.6 Å². The summed E-state index contributed by atoms with van der Waals surface area (Å²) >= 11 is 0. The quantitative estimate of drug-likeness (QED) is 0.792. The van der Waals surface area contributed by atoms with Gasteiger partial charge in [-0.25, -0.2) is 0 Å². The van der Waals surface area contributed by atoms with Crippen molar-refractivity contribution in [1.29, 1.82) is 0 Å². The molecule has 2 aromatic rings. The summed E-state index contributed by atoms with van der Waals surface area (Å²) < 4.78 is 0. The van der Waals surface area contributed by atoms with E-state index < -0.39 is 0 Å². The lowest BCUT2D eigenvalue weighted by molar-refractivity contribution is -0.892. The van der Waals surface area contributed by atoms with Gasteiger partial charge in [-0.15, -0.1) is 0 Å². The van der Waals surface area contributed by atoms with Crippen LogP contribution in [0.3, 0.4) is 0 Å². The van der Waals surface area contributed by atoms with Crippen LogP contribution in [0, 0.1) is 14.0 Å². The van der Waals surface area contributed by atoms with Gasteiger partial charge in [0, 0.05) is 29.6 Å². The molecule has 2 saturated heterocycles. The van der Waals surface area contributed by atoms with Crippen molar-refractivity contribution in [3.63, 3.8) is 0 Å². The summed E-state index contributed by atoms with van der Waals surface area (Å²) in [4.78, 5) is 8.70. The number of aryl methyl sites for hydroxylation is 1. The Morgan fingerprint density at radius 2 is 1.90 bits per heavy atom. The highest BCUT2D eigenvalue weighted by Gasteiger charge is 2.38. The molecule has 2 aliphatic rings. The van der Waals surface area contributed by atoms with Gasteiger partial charge in [-0.05, 0) is 31.2 Å². The number of piperazine rings is 1. The van der Waals surface area contributed by atoms with Crippen molar-refractivity contribution in [3.05, 3.63) is 43.1 Å². The lowest BCUT2D eigenvalue weighted by Crippen LogP contribution is -3.15. The number of benzene rings is 1. The van der Waals surface area contributed by atoms with Crippen LogP contribution in [0.25, 0.3) is 10.9 Å². The maximum atomic E-state index is 4.66. The Morgan fingerprint density at radius 1 is 1.15 bits per heavy atom. The van der Waals surface area contributed by atoms with E-state index in [2.05, 4.69) is 54.2 Å². The van der Waals surface area contributed by atoms with Gasteiger partial charge in [-0.1, -0.05) is 6.07 Å². The van der Waals surface area contributed by atoms with Crippen molar-refractivity contribution in [2.45, 2.75) is 31.8 Å². The lowest BCUT2D eigenvalue weighted by atomic mass is 10.1. The summed E-state index contributed by atoms with van der Waals surface area (Å²) in [5.41, 5.74) is 3.54. The van der Waals surface area contributed by atoms with Crippen molar-refractivity contribution in [1.82, 2.24) is 4.98 Å². The monoisotopic (exact) mass is 267 g/mol. The number of pyridine rings is 1. The first-order chi connectivity index (χ1) is 9.72. The fourth-order valence-corrected chi connectivity index (χ4v) is 3.84. The molecule has 0 aliphatic carbocycles. The number of anilines is 1. The van der Waals surface area contributed by atoms with Crippen molar-refractivity contribution < 1.29 is 4.90 Å². The minimum atomic E-state index is 0.697. The van der Waals surface area contributed by atoms with Crippen LogP contribution < -0.4 is 9.80 Å². The van der Waals surface area contributed by atoms with E-state index in [-0.39, 0.29) is 0 Å². The normalized spacial score (nSPS) is 29.1. The predicted octanol–water partition coefficient (Wildman–Crippen LogP) is 1.57. The molecule has 1 unspecified atom stereocenters. The highest BCUT2D eigenvalue weighted by atomic mass is 15.3. The average molecular weight is 267 g/mol. The summed E-state index contributed by atoms with van der Waals surface area (Å²) in [5, 5.41) is 1.28. The Kier molecular flexibility index (Phi) is 2.71. The smallest absolute Gasteiger partial charge is 0.0817 e. The summed E-state index contributed by atoms with van der Waals surface area (Å²) in [5.74, 6) is 0. The molecule has 3 nitrogen and oxygen atoms in total. The van der Waals surface area contributed by atoms with Crippen LogP contribution in [-0.2, 0) is 0 Å². The summed E-state index contributed by atoms with van der Waals surface area (Å²) in [7, 11) is 4.30. The van der Waals surface area contributed by atoms with Gasteiger partial charge in [-0.3, -0.25) is 4.98 Å². The molecule has 3 atom stereocenters. The number of aromatic nitrogens is 1. The number of quaternary nitrogens is 1. The van der Waals surface area contributed by atoms with E-state index in [9.17, 15) is 0 Å². The lowest BCUT2D eigenvalue weighted by Gasteiger charge is -2.41. The largest absolute Gasteiger partial charge is 0.460 e. The van der Waals surface area contributed by atoms with Crippen LogP contribution in [-0.4, -0.2) is 30.2 Å². The van der Waals surface area contributed by atoms with Crippen LogP contribution in [0.15, 0.2) is 30.3 Å². The molecule has 0 radical (unpaired) electrons. The number of rotatable bonds is 1. The Labute approximate surface area is 120 Å². The van der Waals surface area contributed by atoms with Crippen molar-refractivity contribution in [2.75, 3.05) is 18.0 Å². The van der Waals surface area contributed by atoms with Gasteiger partial charge in [-0.2, -0.15) is 7.05 Å². The molecule has 0 saturated carbocycles. The Morgan fingerprint density at radius 3 is 2.65 bits per heavy atom. The van der Waals surface area contributed by atoms with Crippen molar-refractivity contribution in [3.8, 4) is 0 Å².